The van der Waals surface area contributed by atoms with E-state index in [0.717, 1.165) is 32.2 Å². The number of amides is 1. The minimum absolute atomic E-state index is 0.0251. The topological polar surface area (TPSA) is 58.6 Å². The van der Waals surface area contributed by atoms with E-state index in [1.807, 2.05) is 11.8 Å². The van der Waals surface area contributed by atoms with Gasteiger partial charge in [-0.15, -0.1) is 0 Å². The minimum atomic E-state index is -0.105. The van der Waals surface area contributed by atoms with Crippen LogP contribution in [-0.4, -0.2) is 49.1 Å². The zero-order valence-corrected chi connectivity index (χ0v) is 13.3. The molecule has 0 aliphatic carbocycles. The van der Waals surface area contributed by atoms with Gasteiger partial charge >= 0.3 is 5.97 Å². The van der Waals surface area contributed by atoms with Crippen molar-refractivity contribution in [3.63, 3.8) is 0 Å². The zero-order chi connectivity index (χ0) is 15.2. The Morgan fingerprint density at radius 3 is 2.52 bits per heavy atom. The molecule has 1 amide bonds. The molecule has 0 aromatic rings. The summed E-state index contributed by atoms with van der Waals surface area (Å²) in [4.78, 5) is 26.2. The van der Waals surface area contributed by atoms with Gasteiger partial charge in [-0.2, -0.15) is 0 Å². The number of hydrogen-bond acceptors (Lipinski definition) is 4. The summed E-state index contributed by atoms with van der Waals surface area (Å²) < 4.78 is 5.07. The molecule has 0 saturated carbocycles. The fourth-order valence-corrected chi connectivity index (χ4v) is 3.37. The number of esters is 1. The number of ether oxygens (including phenoxy) is 1. The highest BCUT2D eigenvalue weighted by Crippen LogP contribution is 2.23. The molecule has 1 N–H and O–H groups in total. The van der Waals surface area contributed by atoms with Gasteiger partial charge in [-0.1, -0.05) is 13.3 Å². The third-order valence-electron chi connectivity index (χ3n) is 4.81. The highest BCUT2D eigenvalue weighted by atomic mass is 16.5. The van der Waals surface area contributed by atoms with Gasteiger partial charge in [-0.3, -0.25) is 9.59 Å². The molecular weight excluding hydrogens is 268 g/mol. The van der Waals surface area contributed by atoms with Crippen LogP contribution in [0.5, 0.6) is 0 Å². The van der Waals surface area contributed by atoms with Gasteiger partial charge in [-0.05, 0) is 45.1 Å². The standard InChI is InChI=1S/C16H28N2O3/c1-3-12-5-8-17-14(11-12)15(19)18-9-6-13(7-10-18)16(20)21-4-2/h12-14,17H,3-11H2,1-2H3. The van der Waals surface area contributed by atoms with Crippen LogP contribution in [0.3, 0.4) is 0 Å². The number of carbonyl (C=O) groups is 2. The summed E-state index contributed by atoms with van der Waals surface area (Å²) in [5.74, 6) is 0.746. The van der Waals surface area contributed by atoms with Gasteiger partial charge < -0.3 is 15.0 Å². The van der Waals surface area contributed by atoms with Crippen LogP contribution in [0, 0.1) is 11.8 Å². The molecule has 21 heavy (non-hydrogen) atoms. The minimum Gasteiger partial charge on any atom is -0.466 e. The van der Waals surface area contributed by atoms with E-state index >= 15 is 0 Å². The normalized spacial score (nSPS) is 27.4. The van der Waals surface area contributed by atoms with Crippen molar-refractivity contribution in [1.29, 1.82) is 0 Å². The monoisotopic (exact) mass is 296 g/mol. The molecule has 0 radical (unpaired) electrons. The molecule has 2 heterocycles. The molecule has 2 aliphatic rings. The highest BCUT2D eigenvalue weighted by Gasteiger charge is 2.33. The first-order valence-corrected chi connectivity index (χ1v) is 8.34. The quantitative estimate of drug-likeness (QED) is 0.800. The third kappa shape index (κ3) is 4.19. The molecule has 0 aromatic heterocycles. The van der Waals surface area contributed by atoms with E-state index in [1.54, 1.807) is 0 Å². The van der Waals surface area contributed by atoms with Crippen LogP contribution < -0.4 is 5.32 Å². The van der Waals surface area contributed by atoms with Crippen LogP contribution in [0.2, 0.25) is 0 Å². The molecule has 5 heteroatoms. The Bertz CT molecular complexity index is 365. The van der Waals surface area contributed by atoms with Crippen molar-refractivity contribution in [2.24, 2.45) is 11.8 Å². The van der Waals surface area contributed by atoms with Gasteiger partial charge in [0.05, 0.1) is 18.6 Å². The number of likely N-dealkylation sites (tertiary alicyclic amines) is 1. The molecule has 0 spiro atoms. The maximum atomic E-state index is 12.6. The first-order chi connectivity index (χ1) is 10.2. The van der Waals surface area contributed by atoms with Crippen molar-refractivity contribution in [3.8, 4) is 0 Å². The highest BCUT2D eigenvalue weighted by molar-refractivity contribution is 5.82. The SMILES string of the molecule is CCOC(=O)C1CCN(C(=O)C2CC(CC)CCN2)CC1. The lowest BCUT2D eigenvalue weighted by Crippen LogP contribution is -2.52. The van der Waals surface area contributed by atoms with Crippen LogP contribution >= 0.6 is 0 Å². The Balaban J connectivity index is 1.81. The second-order valence-corrected chi connectivity index (χ2v) is 6.16. The second kappa shape index (κ2) is 7.78. The Labute approximate surface area is 127 Å². The summed E-state index contributed by atoms with van der Waals surface area (Å²) >= 11 is 0. The first kappa shape index (κ1) is 16.3. The average molecular weight is 296 g/mol. The average Bonchev–Trinajstić information content (AvgIpc) is 2.54. The van der Waals surface area contributed by atoms with Crippen molar-refractivity contribution in [2.45, 2.75) is 52.0 Å². The Kier molecular flexibility index (Phi) is 6.03. The van der Waals surface area contributed by atoms with Gasteiger partial charge in [0.1, 0.15) is 0 Å². The molecule has 5 nitrogen and oxygen atoms in total. The van der Waals surface area contributed by atoms with Gasteiger partial charge in [0, 0.05) is 13.1 Å². The fraction of sp³-hybridized carbons (Fsp3) is 0.875. The number of nitrogens with zero attached hydrogens (tertiary/aromatic N) is 1. The van der Waals surface area contributed by atoms with Crippen LogP contribution in [0.15, 0.2) is 0 Å². The van der Waals surface area contributed by atoms with Crippen molar-refractivity contribution < 1.29 is 14.3 Å². The number of rotatable bonds is 4. The number of piperidine rings is 2. The first-order valence-electron chi connectivity index (χ1n) is 8.34. The molecule has 2 unspecified atom stereocenters. The molecule has 2 atom stereocenters. The molecule has 0 aromatic carbocycles. The van der Waals surface area contributed by atoms with E-state index in [9.17, 15) is 9.59 Å². The van der Waals surface area contributed by atoms with Crippen LogP contribution in [0.1, 0.15) is 46.0 Å². The lowest BCUT2D eigenvalue weighted by Gasteiger charge is -2.36. The summed E-state index contributed by atoms with van der Waals surface area (Å²) in [6.07, 6.45) is 4.73. The lowest BCUT2D eigenvalue weighted by atomic mass is 9.89. The predicted molar refractivity (Wildman–Crippen MR) is 80.7 cm³/mol. The summed E-state index contributed by atoms with van der Waals surface area (Å²) in [7, 11) is 0. The summed E-state index contributed by atoms with van der Waals surface area (Å²) in [5.41, 5.74) is 0. The van der Waals surface area contributed by atoms with Crippen molar-refractivity contribution in [1.82, 2.24) is 10.2 Å². The van der Waals surface area contributed by atoms with Crippen LogP contribution in [-0.2, 0) is 14.3 Å². The van der Waals surface area contributed by atoms with Gasteiger partial charge in [-0.25, -0.2) is 0 Å². The summed E-state index contributed by atoms with van der Waals surface area (Å²) in [6, 6.07) is -0.0251. The van der Waals surface area contributed by atoms with E-state index < -0.39 is 0 Å². The van der Waals surface area contributed by atoms with E-state index in [1.165, 1.54) is 6.42 Å². The van der Waals surface area contributed by atoms with Crippen molar-refractivity contribution >= 4 is 11.9 Å². The van der Waals surface area contributed by atoms with E-state index in [0.29, 0.717) is 25.6 Å². The molecule has 2 rings (SSSR count). The molecule has 0 bridgehead atoms. The van der Waals surface area contributed by atoms with E-state index in [4.69, 9.17) is 4.74 Å². The Morgan fingerprint density at radius 1 is 1.19 bits per heavy atom. The molecule has 120 valence electrons. The number of carbonyl (C=O) groups excluding carboxylic acids is 2. The fourth-order valence-electron chi connectivity index (χ4n) is 3.37. The number of nitrogens with one attached hydrogen (secondary N) is 1. The van der Waals surface area contributed by atoms with E-state index in [-0.39, 0.29) is 23.8 Å². The summed E-state index contributed by atoms with van der Waals surface area (Å²) in [6.45, 7) is 6.75. The van der Waals surface area contributed by atoms with Gasteiger partial charge in [0.25, 0.3) is 0 Å². The smallest absolute Gasteiger partial charge is 0.309 e. The van der Waals surface area contributed by atoms with Gasteiger partial charge in [0.15, 0.2) is 0 Å². The largest absolute Gasteiger partial charge is 0.466 e. The number of hydrogen-bond donors (Lipinski definition) is 1. The van der Waals surface area contributed by atoms with Crippen molar-refractivity contribution in [2.75, 3.05) is 26.2 Å². The van der Waals surface area contributed by atoms with Gasteiger partial charge in [0.2, 0.25) is 5.91 Å². The third-order valence-corrected chi connectivity index (χ3v) is 4.81. The molecular formula is C16H28N2O3. The molecule has 2 fully saturated rings. The van der Waals surface area contributed by atoms with E-state index in [2.05, 4.69) is 12.2 Å². The van der Waals surface area contributed by atoms with Crippen LogP contribution in [0.4, 0.5) is 0 Å². The molecule has 2 saturated heterocycles. The maximum absolute atomic E-state index is 12.6. The molecule has 2 aliphatic heterocycles. The zero-order valence-electron chi connectivity index (χ0n) is 13.3. The maximum Gasteiger partial charge on any atom is 0.309 e. The summed E-state index contributed by atoms with van der Waals surface area (Å²) in [5, 5.41) is 3.35. The Morgan fingerprint density at radius 2 is 1.90 bits per heavy atom. The predicted octanol–water partition coefficient (Wildman–Crippen LogP) is 1.57. The lowest BCUT2D eigenvalue weighted by molar-refractivity contribution is -0.151. The van der Waals surface area contributed by atoms with Crippen LogP contribution in [0.25, 0.3) is 0 Å². The second-order valence-electron chi connectivity index (χ2n) is 6.16. The van der Waals surface area contributed by atoms with Crippen molar-refractivity contribution in [3.05, 3.63) is 0 Å². The Hall–Kier alpha value is -1.10.